The van der Waals surface area contributed by atoms with Crippen molar-refractivity contribution < 1.29 is 4.74 Å². The van der Waals surface area contributed by atoms with Gasteiger partial charge in [-0.1, -0.05) is 6.07 Å². The van der Waals surface area contributed by atoms with Crippen molar-refractivity contribution in [2.75, 3.05) is 19.8 Å². The zero-order valence-electron chi connectivity index (χ0n) is 7.79. The molecule has 1 fully saturated rings. The van der Waals surface area contributed by atoms with Crippen LogP contribution >= 0.6 is 0 Å². The molecule has 1 aromatic heterocycles. The fourth-order valence-corrected chi connectivity index (χ4v) is 1.63. The number of aromatic nitrogens is 1. The second-order valence-corrected chi connectivity index (χ2v) is 3.26. The topological polar surface area (TPSA) is 34.1 Å². The van der Waals surface area contributed by atoms with Crippen LogP contribution in [0, 0.1) is 6.92 Å². The van der Waals surface area contributed by atoms with Crippen molar-refractivity contribution in [1.82, 2.24) is 10.3 Å². The van der Waals surface area contributed by atoms with Gasteiger partial charge in [-0.2, -0.15) is 0 Å². The van der Waals surface area contributed by atoms with Crippen LogP contribution in [0.1, 0.15) is 17.3 Å². The lowest BCUT2D eigenvalue weighted by Gasteiger charge is -2.24. The summed E-state index contributed by atoms with van der Waals surface area (Å²) in [7, 11) is 0. The Kier molecular flexibility index (Phi) is 2.57. The largest absolute Gasteiger partial charge is 0.378 e. The van der Waals surface area contributed by atoms with Gasteiger partial charge in [0.2, 0.25) is 0 Å². The Morgan fingerprint density at radius 3 is 3.23 bits per heavy atom. The van der Waals surface area contributed by atoms with E-state index in [0.717, 1.165) is 25.5 Å². The van der Waals surface area contributed by atoms with Crippen LogP contribution in [0.15, 0.2) is 18.3 Å². The highest BCUT2D eigenvalue weighted by molar-refractivity contribution is 5.22. The van der Waals surface area contributed by atoms with Gasteiger partial charge < -0.3 is 10.1 Å². The molecule has 0 bridgehead atoms. The van der Waals surface area contributed by atoms with Gasteiger partial charge in [-0.3, -0.25) is 4.98 Å². The second-order valence-electron chi connectivity index (χ2n) is 3.26. The van der Waals surface area contributed by atoms with Gasteiger partial charge in [0, 0.05) is 18.4 Å². The first-order valence-electron chi connectivity index (χ1n) is 4.60. The van der Waals surface area contributed by atoms with Crippen LogP contribution in [0.5, 0.6) is 0 Å². The van der Waals surface area contributed by atoms with E-state index >= 15 is 0 Å². The van der Waals surface area contributed by atoms with Crippen molar-refractivity contribution in [3.05, 3.63) is 29.6 Å². The second kappa shape index (κ2) is 3.85. The highest BCUT2D eigenvalue weighted by atomic mass is 16.5. The molecule has 70 valence electrons. The summed E-state index contributed by atoms with van der Waals surface area (Å²) in [5, 5.41) is 3.41. The Hall–Kier alpha value is -0.930. The summed E-state index contributed by atoms with van der Waals surface area (Å²) in [5.74, 6) is 0. The Bertz CT molecular complexity index is 282. The Morgan fingerprint density at radius 2 is 2.54 bits per heavy atom. The Morgan fingerprint density at radius 1 is 1.62 bits per heavy atom. The van der Waals surface area contributed by atoms with E-state index in [4.69, 9.17) is 4.74 Å². The van der Waals surface area contributed by atoms with Gasteiger partial charge in [-0.05, 0) is 18.6 Å². The molecule has 1 aliphatic heterocycles. The molecule has 2 heterocycles. The predicted octanol–water partition coefficient (Wildman–Crippen LogP) is 1.05. The van der Waals surface area contributed by atoms with E-state index in [1.807, 2.05) is 19.2 Å². The third-order valence-electron chi connectivity index (χ3n) is 2.34. The smallest absolute Gasteiger partial charge is 0.0662 e. The van der Waals surface area contributed by atoms with E-state index < -0.39 is 0 Å². The molecule has 0 saturated carbocycles. The molecule has 2 rings (SSSR count). The highest BCUT2D eigenvalue weighted by Crippen LogP contribution is 2.17. The minimum atomic E-state index is 0.322. The average Bonchev–Trinajstić information content (AvgIpc) is 2.20. The number of nitrogens with zero attached hydrogens (tertiary/aromatic N) is 1. The maximum atomic E-state index is 5.40. The fourth-order valence-electron chi connectivity index (χ4n) is 1.63. The fraction of sp³-hybridized carbons (Fsp3) is 0.500. The number of ether oxygens (including phenoxy) is 1. The number of hydrogen-bond acceptors (Lipinski definition) is 3. The lowest BCUT2D eigenvalue weighted by atomic mass is 10.1. The first-order valence-corrected chi connectivity index (χ1v) is 4.60. The molecular weight excluding hydrogens is 164 g/mol. The molecule has 1 saturated heterocycles. The van der Waals surface area contributed by atoms with Crippen molar-refractivity contribution >= 4 is 0 Å². The number of rotatable bonds is 1. The number of nitrogens with one attached hydrogen (secondary N) is 1. The monoisotopic (exact) mass is 178 g/mol. The Balaban J connectivity index is 2.18. The maximum absolute atomic E-state index is 5.40. The molecule has 13 heavy (non-hydrogen) atoms. The van der Waals surface area contributed by atoms with Gasteiger partial charge in [0.15, 0.2) is 0 Å². The first-order chi connectivity index (χ1) is 6.38. The lowest BCUT2D eigenvalue weighted by Crippen LogP contribution is -2.35. The molecule has 3 nitrogen and oxygen atoms in total. The normalized spacial score (nSPS) is 23.0. The van der Waals surface area contributed by atoms with Crippen molar-refractivity contribution in [3.63, 3.8) is 0 Å². The predicted molar refractivity (Wildman–Crippen MR) is 50.5 cm³/mol. The number of morpholine rings is 1. The van der Waals surface area contributed by atoms with Crippen molar-refractivity contribution in [2.45, 2.75) is 13.0 Å². The van der Waals surface area contributed by atoms with E-state index in [-0.39, 0.29) is 0 Å². The minimum Gasteiger partial charge on any atom is -0.378 e. The van der Waals surface area contributed by atoms with E-state index in [0.29, 0.717) is 6.04 Å². The molecule has 1 N–H and O–H groups in total. The summed E-state index contributed by atoms with van der Waals surface area (Å²) in [4.78, 5) is 4.26. The van der Waals surface area contributed by atoms with E-state index in [2.05, 4.69) is 16.4 Å². The summed E-state index contributed by atoms with van der Waals surface area (Å²) >= 11 is 0. The van der Waals surface area contributed by atoms with Crippen LogP contribution < -0.4 is 5.32 Å². The summed E-state index contributed by atoms with van der Waals surface area (Å²) in [6, 6.07) is 4.40. The molecule has 0 radical (unpaired) electrons. The molecule has 0 aromatic carbocycles. The van der Waals surface area contributed by atoms with Gasteiger partial charge in [-0.15, -0.1) is 0 Å². The first kappa shape index (κ1) is 8.66. The molecule has 3 heteroatoms. The summed E-state index contributed by atoms with van der Waals surface area (Å²) in [6.45, 7) is 4.53. The van der Waals surface area contributed by atoms with E-state index in [1.54, 1.807) is 0 Å². The van der Waals surface area contributed by atoms with Crippen LogP contribution in [0.3, 0.4) is 0 Å². The van der Waals surface area contributed by atoms with E-state index in [9.17, 15) is 0 Å². The number of pyridine rings is 1. The highest BCUT2D eigenvalue weighted by Gasteiger charge is 2.16. The molecule has 1 unspecified atom stereocenters. The van der Waals surface area contributed by atoms with Crippen LogP contribution in [-0.2, 0) is 4.74 Å². The zero-order valence-corrected chi connectivity index (χ0v) is 7.79. The quantitative estimate of drug-likeness (QED) is 0.698. The van der Waals surface area contributed by atoms with Gasteiger partial charge in [0.1, 0.15) is 0 Å². The average molecular weight is 178 g/mol. The standard InChI is InChI=1S/C10H14N2O/c1-8-9(3-2-4-11-8)10-7-13-6-5-12-10/h2-4,10,12H,5-7H2,1H3. The molecular formula is C10H14N2O. The van der Waals surface area contributed by atoms with E-state index in [1.165, 1.54) is 5.56 Å². The third kappa shape index (κ3) is 1.87. The third-order valence-corrected chi connectivity index (χ3v) is 2.34. The molecule has 1 aliphatic rings. The van der Waals surface area contributed by atoms with Gasteiger partial charge in [-0.25, -0.2) is 0 Å². The molecule has 1 atom stereocenters. The van der Waals surface area contributed by atoms with Crippen molar-refractivity contribution in [3.8, 4) is 0 Å². The van der Waals surface area contributed by atoms with Crippen LogP contribution in [0.2, 0.25) is 0 Å². The minimum absolute atomic E-state index is 0.322. The maximum Gasteiger partial charge on any atom is 0.0662 e. The molecule has 1 aromatic rings. The molecule has 0 spiro atoms. The molecule has 0 aliphatic carbocycles. The van der Waals surface area contributed by atoms with Crippen LogP contribution in [0.4, 0.5) is 0 Å². The van der Waals surface area contributed by atoms with Crippen molar-refractivity contribution in [2.24, 2.45) is 0 Å². The lowest BCUT2D eigenvalue weighted by molar-refractivity contribution is 0.0766. The number of hydrogen-bond donors (Lipinski definition) is 1. The van der Waals surface area contributed by atoms with Crippen LogP contribution in [-0.4, -0.2) is 24.7 Å². The van der Waals surface area contributed by atoms with Gasteiger partial charge in [0.25, 0.3) is 0 Å². The summed E-state index contributed by atoms with van der Waals surface area (Å²) in [5.41, 5.74) is 2.34. The Labute approximate surface area is 78.1 Å². The molecule has 0 amide bonds. The summed E-state index contributed by atoms with van der Waals surface area (Å²) < 4.78 is 5.40. The van der Waals surface area contributed by atoms with Gasteiger partial charge in [0.05, 0.1) is 19.3 Å². The van der Waals surface area contributed by atoms with Gasteiger partial charge >= 0.3 is 0 Å². The SMILES string of the molecule is Cc1ncccc1C1COCCN1. The summed E-state index contributed by atoms with van der Waals surface area (Å²) in [6.07, 6.45) is 1.82. The zero-order chi connectivity index (χ0) is 9.10. The van der Waals surface area contributed by atoms with Crippen LogP contribution in [0.25, 0.3) is 0 Å². The number of aryl methyl sites for hydroxylation is 1. The van der Waals surface area contributed by atoms with Crippen molar-refractivity contribution in [1.29, 1.82) is 0 Å².